The predicted octanol–water partition coefficient (Wildman–Crippen LogP) is 2.80. The van der Waals surface area contributed by atoms with Crippen LogP contribution in [0.2, 0.25) is 0 Å². The third kappa shape index (κ3) is 3.15. The zero-order chi connectivity index (χ0) is 22.0. The highest BCUT2D eigenvalue weighted by Crippen LogP contribution is 2.45. The molecule has 31 heavy (non-hydrogen) atoms. The number of aromatic nitrogens is 3. The van der Waals surface area contributed by atoms with E-state index in [1.54, 1.807) is 4.90 Å². The van der Waals surface area contributed by atoms with E-state index in [1.807, 2.05) is 14.0 Å². The third-order valence-corrected chi connectivity index (χ3v) is 6.82. The summed E-state index contributed by atoms with van der Waals surface area (Å²) in [5.74, 6) is 0.495. The van der Waals surface area contributed by atoms with E-state index < -0.39 is 11.7 Å². The molecule has 2 fully saturated rings. The van der Waals surface area contributed by atoms with E-state index in [9.17, 15) is 9.90 Å². The summed E-state index contributed by atoms with van der Waals surface area (Å²) in [5.41, 5.74) is -0.284. The molecule has 4 atom stereocenters. The minimum Gasteiger partial charge on any atom is -0.507 e. The molecule has 0 aliphatic carbocycles. The van der Waals surface area contributed by atoms with Crippen molar-refractivity contribution in [3.8, 4) is 17.1 Å². The van der Waals surface area contributed by atoms with Crippen molar-refractivity contribution in [2.75, 3.05) is 11.9 Å². The van der Waals surface area contributed by atoms with E-state index in [0.29, 0.717) is 23.4 Å². The van der Waals surface area contributed by atoms with E-state index in [1.165, 1.54) is 30.7 Å². The van der Waals surface area contributed by atoms with Crippen molar-refractivity contribution in [2.24, 2.45) is 0 Å². The Labute approximate surface area is 178 Å². The minimum atomic E-state index is -1.05. The van der Waals surface area contributed by atoms with Gasteiger partial charge in [0.2, 0.25) is 0 Å². The number of anilines is 1. The number of aromatic hydroxyl groups is 1. The van der Waals surface area contributed by atoms with Crippen molar-refractivity contribution in [1.82, 2.24) is 20.5 Å². The molecule has 5 rings (SSSR count). The predicted molar refractivity (Wildman–Crippen MR) is 114 cm³/mol. The molecular weight excluding hydrogens is 401 g/mol. The first kappa shape index (κ1) is 19.9. The molecule has 2 aromatic heterocycles. The quantitative estimate of drug-likeness (QED) is 0.660. The number of nitrogens with zero attached hydrogens (tertiary/aromatic N) is 4. The highest BCUT2D eigenvalue weighted by Gasteiger charge is 2.56. The summed E-state index contributed by atoms with van der Waals surface area (Å²) in [4.78, 5) is 18.1. The largest absolute Gasteiger partial charge is 0.507 e. The van der Waals surface area contributed by atoms with Gasteiger partial charge in [0.1, 0.15) is 17.5 Å². The standard InChI is InChI=1S/C22H24FN5O3/c1-21-5-6-22(2,27-21)19(23)14(10-21)28(3)18-11-24-20(26-25-18)13-9-17-12(8-16(13)30)15(29)4-7-31-17/h4,7-9,11,14,19,27,30H,5-6,10H2,1-3H3/t14-,19-,21-,22+/m0/s1. The van der Waals surface area contributed by atoms with Crippen LogP contribution in [0.3, 0.4) is 0 Å². The van der Waals surface area contributed by atoms with Crippen LogP contribution in [0.4, 0.5) is 10.2 Å². The Kier molecular flexibility index (Phi) is 4.30. The van der Waals surface area contributed by atoms with Gasteiger partial charge in [0.25, 0.3) is 0 Å². The van der Waals surface area contributed by atoms with Crippen molar-refractivity contribution in [3.63, 3.8) is 0 Å². The Hall–Kier alpha value is -3.07. The Morgan fingerprint density at radius 2 is 2.10 bits per heavy atom. The van der Waals surface area contributed by atoms with Crippen LogP contribution in [0.15, 0.2) is 39.9 Å². The van der Waals surface area contributed by atoms with Crippen LogP contribution in [0.5, 0.6) is 5.75 Å². The molecule has 0 unspecified atom stereocenters. The molecule has 0 radical (unpaired) electrons. The maximum atomic E-state index is 15.4. The number of halogens is 1. The number of phenolic OH excluding ortho intramolecular Hbond substituents is 1. The summed E-state index contributed by atoms with van der Waals surface area (Å²) in [7, 11) is 1.81. The van der Waals surface area contributed by atoms with E-state index in [4.69, 9.17) is 4.42 Å². The molecule has 9 heteroatoms. The van der Waals surface area contributed by atoms with Gasteiger partial charge in [-0.1, -0.05) is 0 Å². The number of piperidine rings is 1. The highest BCUT2D eigenvalue weighted by atomic mass is 19.1. The first-order valence-electron chi connectivity index (χ1n) is 10.3. The molecular formula is C22H24FN5O3. The lowest BCUT2D eigenvalue weighted by molar-refractivity contribution is 0.0859. The molecule has 0 saturated carbocycles. The molecule has 0 spiro atoms. The maximum Gasteiger partial charge on any atom is 0.192 e. The van der Waals surface area contributed by atoms with Crippen molar-refractivity contribution in [2.45, 2.75) is 56.4 Å². The molecule has 3 aromatic rings. The highest BCUT2D eigenvalue weighted by molar-refractivity contribution is 5.84. The number of phenols is 1. The normalized spacial score (nSPS) is 29.9. The second kappa shape index (κ2) is 6.71. The van der Waals surface area contributed by atoms with Crippen LogP contribution in [-0.4, -0.2) is 50.6 Å². The summed E-state index contributed by atoms with van der Waals surface area (Å²) < 4.78 is 20.7. The number of hydrogen-bond acceptors (Lipinski definition) is 8. The number of fused-ring (bicyclic) bond motifs is 3. The van der Waals surface area contributed by atoms with E-state index in [-0.39, 0.29) is 34.0 Å². The third-order valence-electron chi connectivity index (χ3n) is 6.82. The van der Waals surface area contributed by atoms with Crippen LogP contribution in [-0.2, 0) is 0 Å². The molecule has 0 amide bonds. The number of benzene rings is 1. The van der Waals surface area contributed by atoms with Gasteiger partial charge in [0.05, 0.1) is 29.5 Å². The fourth-order valence-electron chi connectivity index (χ4n) is 5.05. The van der Waals surface area contributed by atoms with Crippen molar-refractivity contribution >= 4 is 16.8 Å². The number of rotatable bonds is 3. The van der Waals surface area contributed by atoms with Gasteiger partial charge in [-0.05, 0) is 45.2 Å². The van der Waals surface area contributed by atoms with Gasteiger partial charge in [-0.2, -0.15) is 0 Å². The number of nitrogens with one attached hydrogen (secondary N) is 1. The maximum absolute atomic E-state index is 15.4. The smallest absolute Gasteiger partial charge is 0.192 e. The van der Waals surface area contributed by atoms with Crippen LogP contribution >= 0.6 is 0 Å². The van der Waals surface area contributed by atoms with Crippen molar-refractivity contribution < 1.29 is 13.9 Å². The van der Waals surface area contributed by atoms with E-state index in [2.05, 4.69) is 27.4 Å². The van der Waals surface area contributed by atoms with Gasteiger partial charge in [-0.25, -0.2) is 9.37 Å². The molecule has 2 bridgehead atoms. The molecule has 2 aliphatic heterocycles. The van der Waals surface area contributed by atoms with Gasteiger partial charge in [-0.3, -0.25) is 4.79 Å². The number of hydrogen-bond donors (Lipinski definition) is 2. The SMILES string of the molecule is CN(c1cnc(-c2cc3occc(=O)c3cc2O)nn1)[C@H]1C[C@]2(C)CC[C@@](C)(N2)[C@H]1F. The summed E-state index contributed by atoms with van der Waals surface area (Å²) >= 11 is 0. The average molecular weight is 425 g/mol. The summed E-state index contributed by atoms with van der Waals surface area (Å²) in [5, 5.41) is 22.5. The molecule has 2 aliphatic rings. The first-order valence-corrected chi connectivity index (χ1v) is 10.3. The molecule has 2 N–H and O–H groups in total. The molecule has 8 nitrogen and oxygen atoms in total. The van der Waals surface area contributed by atoms with E-state index >= 15 is 4.39 Å². The van der Waals surface area contributed by atoms with Crippen LogP contribution in [0, 0.1) is 0 Å². The minimum absolute atomic E-state index is 0.0993. The first-order chi connectivity index (χ1) is 14.7. The molecule has 4 heterocycles. The van der Waals surface area contributed by atoms with Crippen LogP contribution in [0.25, 0.3) is 22.4 Å². The zero-order valence-electron chi connectivity index (χ0n) is 17.6. The van der Waals surface area contributed by atoms with Gasteiger partial charge in [-0.15, -0.1) is 10.2 Å². The Balaban J connectivity index is 1.45. The van der Waals surface area contributed by atoms with Gasteiger partial charge in [0, 0.05) is 24.2 Å². The summed E-state index contributed by atoms with van der Waals surface area (Å²) in [6.07, 6.45) is 4.16. The Morgan fingerprint density at radius 3 is 2.84 bits per heavy atom. The molecule has 2 saturated heterocycles. The Bertz CT molecular complexity index is 1220. The van der Waals surface area contributed by atoms with Gasteiger partial charge in [0.15, 0.2) is 17.1 Å². The second-order valence-electron chi connectivity index (χ2n) is 9.18. The van der Waals surface area contributed by atoms with Crippen molar-refractivity contribution in [3.05, 3.63) is 40.9 Å². The molecule has 1 aromatic carbocycles. The topological polar surface area (TPSA) is 104 Å². The van der Waals surface area contributed by atoms with Crippen LogP contribution in [0.1, 0.15) is 33.1 Å². The Morgan fingerprint density at radius 1 is 1.29 bits per heavy atom. The zero-order valence-corrected chi connectivity index (χ0v) is 17.6. The lowest BCUT2D eigenvalue weighted by atomic mass is 9.82. The summed E-state index contributed by atoms with van der Waals surface area (Å²) in [6.45, 7) is 4.08. The van der Waals surface area contributed by atoms with Gasteiger partial charge >= 0.3 is 0 Å². The van der Waals surface area contributed by atoms with Crippen LogP contribution < -0.4 is 15.6 Å². The monoisotopic (exact) mass is 425 g/mol. The lowest BCUT2D eigenvalue weighted by Gasteiger charge is -2.47. The summed E-state index contributed by atoms with van der Waals surface area (Å²) in [6, 6.07) is 3.79. The van der Waals surface area contributed by atoms with Gasteiger partial charge < -0.3 is 19.7 Å². The lowest BCUT2D eigenvalue weighted by Crippen LogP contribution is -2.65. The van der Waals surface area contributed by atoms with Crippen molar-refractivity contribution in [1.29, 1.82) is 0 Å². The second-order valence-corrected chi connectivity index (χ2v) is 9.18. The fraction of sp³-hybridized carbons (Fsp3) is 0.455. The fourth-order valence-corrected chi connectivity index (χ4v) is 5.05. The van der Waals surface area contributed by atoms with E-state index in [0.717, 1.165) is 12.8 Å². The number of alkyl halides is 1. The molecule has 162 valence electrons. The average Bonchev–Trinajstić information content (AvgIpc) is 3.03.